The Balaban J connectivity index is 1.73. The number of carbonyl (C=O) groups is 1. The minimum absolute atomic E-state index is 0.00391. The zero-order chi connectivity index (χ0) is 17.2. The van der Waals surface area contributed by atoms with Crippen LogP contribution in [0.2, 0.25) is 0 Å². The largest absolute Gasteiger partial charge is 0.497 e. The van der Waals surface area contributed by atoms with Crippen molar-refractivity contribution in [3.63, 3.8) is 0 Å². The van der Waals surface area contributed by atoms with Gasteiger partial charge in [-0.1, -0.05) is 25.7 Å². The summed E-state index contributed by atoms with van der Waals surface area (Å²) in [7, 11) is 3.23. The molecule has 0 saturated heterocycles. The van der Waals surface area contributed by atoms with Crippen molar-refractivity contribution in [2.24, 2.45) is 0 Å². The minimum Gasteiger partial charge on any atom is -0.497 e. The minimum atomic E-state index is 0.00391. The number of carbonyl (C=O) groups excluding carboxylic acids is 1. The van der Waals surface area contributed by atoms with E-state index in [0.717, 1.165) is 17.9 Å². The van der Waals surface area contributed by atoms with Crippen LogP contribution in [0.25, 0.3) is 0 Å². The molecule has 0 spiro atoms. The van der Waals surface area contributed by atoms with E-state index in [1.807, 2.05) is 18.2 Å². The number of hydrogen-bond donors (Lipinski definition) is 2. The van der Waals surface area contributed by atoms with Gasteiger partial charge in [0.05, 0.1) is 20.6 Å². The fraction of sp³-hybridized carbons (Fsp3) is 0.632. The fourth-order valence-electron chi connectivity index (χ4n) is 3.22. The first-order chi connectivity index (χ1) is 11.7. The lowest BCUT2D eigenvalue weighted by Gasteiger charge is -2.16. The van der Waals surface area contributed by atoms with Crippen LogP contribution in [0.1, 0.15) is 44.1 Å². The van der Waals surface area contributed by atoms with Crippen molar-refractivity contribution in [2.75, 3.05) is 27.3 Å². The summed E-state index contributed by atoms with van der Waals surface area (Å²) < 4.78 is 10.5. The molecule has 0 aliphatic heterocycles. The third-order valence-corrected chi connectivity index (χ3v) is 4.57. The normalized spacial score (nSPS) is 15.6. The highest BCUT2D eigenvalue weighted by Crippen LogP contribution is 2.24. The van der Waals surface area contributed by atoms with E-state index < -0.39 is 0 Å². The van der Waals surface area contributed by atoms with Gasteiger partial charge in [-0.05, 0) is 31.0 Å². The summed E-state index contributed by atoms with van der Waals surface area (Å²) in [5.41, 5.74) is 0.839. The molecule has 0 bridgehead atoms. The maximum atomic E-state index is 12.2. The van der Waals surface area contributed by atoms with E-state index >= 15 is 0 Å². The van der Waals surface area contributed by atoms with Crippen LogP contribution in [0.3, 0.4) is 0 Å². The van der Waals surface area contributed by atoms with Crippen molar-refractivity contribution >= 4 is 5.91 Å². The van der Waals surface area contributed by atoms with Crippen molar-refractivity contribution in [2.45, 2.75) is 51.0 Å². The Bertz CT molecular complexity index is 511. The Morgan fingerprint density at radius 1 is 1.08 bits per heavy atom. The van der Waals surface area contributed by atoms with Gasteiger partial charge in [0, 0.05) is 24.7 Å². The second kappa shape index (κ2) is 10.2. The summed E-state index contributed by atoms with van der Waals surface area (Å²) >= 11 is 0. The molecular formula is C19H30N2O3. The molecule has 1 aromatic carbocycles. The van der Waals surface area contributed by atoms with Crippen LogP contribution < -0.4 is 20.1 Å². The van der Waals surface area contributed by atoms with E-state index in [-0.39, 0.29) is 5.91 Å². The SMILES string of the molecule is COc1ccc(OC)c(CC(=O)NCCNC2CCCCCC2)c1. The Hall–Kier alpha value is -1.75. The van der Waals surface area contributed by atoms with Gasteiger partial charge in [-0.25, -0.2) is 0 Å². The predicted molar refractivity (Wildman–Crippen MR) is 95.8 cm³/mol. The zero-order valence-electron chi connectivity index (χ0n) is 14.9. The van der Waals surface area contributed by atoms with Crippen molar-refractivity contribution in [3.05, 3.63) is 23.8 Å². The number of nitrogens with one attached hydrogen (secondary N) is 2. The molecule has 1 saturated carbocycles. The first-order valence-electron chi connectivity index (χ1n) is 8.94. The fourth-order valence-corrected chi connectivity index (χ4v) is 3.22. The topological polar surface area (TPSA) is 59.6 Å². The van der Waals surface area contributed by atoms with E-state index in [4.69, 9.17) is 9.47 Å². The third kappa shape index (κ3) is 6.04. The highest BCUT2D eigenvalue weighted by molar-refractivity contribution is 5.79. The molecule has 1 aromatic rings. The second-order valence-electron chi connectivity index (χ2n) is 6.35. The molecule has 0 aromatic heterocycles. The van der Waals surface area contributed by atoms with Gasteiger partial charge in [0.2, 0.25) is 5.91 Å². The molecule has 0 radical (unpaired) electrons. The molecule has 5 heteroatoms. The Morgan fingerprint density at radius 3 is 2.50 bits per heavy atom. The van der Waals surface area contributed by atoms with E-state index in [1.54, 1.807) is 14.2 Å². The first kappa shape index (κ1) is 18.6. The molecule has 2 rings (SSSR count). The van der Waals surface area contributed by atoms with Crippen LogP contribution >= 0.6 is 0 Å². The summed E-state index contributed by atoms with van der Waals surface area (Å²) in [5, 5.41) is 6.54. The summed E-state index contributed by atoms with van der Waals surface area (Å²) in [6.07, 6.45) is 8.17. The van der Waals surface area contributed by atoms with Crippen molar-refractivity contribution in [3.8, 4) is 11.5 Å². The molecule has 24 heavy (non-hydrogen) atoms. The molecule has 1 fully saturated rings. The lowest BCUT2D eigenvalue weighted by molar-refractivity contribution is -0.120. The number of rotatable bonds is 8. The van der Waals surface area contributed by atoms with Gasteiger partial charge in [0.25, 0.3) is 0 Å². The van der Waals surface area contributed by atoms with Gasteiger partial charge in [-0.2, -0.15) is 0 Å². The standard InChI is InChI=1S/C19H30N2O3/c1-23-17-9-10-18(24-2)15(13-17)14-19(22)21-12-11-20-16-7-5-3-4-6-8-16/h9-10,13,16,20H,3-8,11-12,14H2,1-2H3,(H,21,22). The van der Waals surface area contributed by atoms with Gasteiger partial charge >= 0.3 is 0 Å². The van der Waals surface area contributed by atoms with Crippen LogP contribution in [0.15, 0.2) is 18.2 Å². The molecule has 0 unspecified atom stereocenters. The lowest BCUT2D eigenvalue weighted by Crippen LogP contribution is -2.37. The number of ether oxygens (including phenoxy) is 2. The van der Waals surface area contributed by atoms with Crippen LogP contribution in [0.4, 0.5) is 0 Å². The quantitative estimate of drug-likeness (QED) is 0.567. The molecule has 1 amide bonds. The Labute approximate surface area is 145 Å². The van der Waals surface area contributed by atoms with Gasteiger partial charge in [0.1, 0.15) is 11.5 Å². The highest BCUT2D eigenvalue weighted by Gasteiger charge is 2.12. The zero-order valence-corrected chi connectivity index (χ0v) is 14.9. The van der Waals surface area contributed by atoms with Crippen molar-refractivity contribution in [1.29, 1.82) is 0 Å². The summed E-state index contributed by atoms with van der Waals surface area (Å²) in [6.45, 7) is 1.48. The van der Waals surface area contributed by atoms with Crippen LogP contribution in [-0.2, 0) is 11.2 Å². The molecular weight excluding hydrogens is 304 g/mol. The van der Waals surface area contributed by atoms with Crippen LogP contribution in [0, 0.1) is 0 Å². The second-order valence-corrected chi connectivity index (χ2v) is 6.35. The van der Waals surface area contributed by atoms with E-state index in [0.29, 0.717) is 24.8 Å². The Kier molecular flexibility index (Phi) is 7.89. The summed E-state index contributed by atoms with van der Waals surface area (Å²) in [6, 6.07) is 6.12. The van der Waals surface area contributed by atoms with Gasteiger partial charge in [-0.3, -0.25) is 4.79 Å². The van der Waals surface area contributed by atoms with Gasteiger partial charge in [-0.15, -0.1) is 0 Å². The number of hydrogen-bond acceptors (Lipinski definition) is 4. The van der Waals surface area contributed by atoms with Gasteiger partial charge < -0.3 is 20.1 Å². The molecule has 0 atom stereocenters. The highest BCUT2D eigenvalue weighted by atomic mass is 16.5. The summed E-state index contributed by atoms with van der Waals surface area (Å²) in [4.78, 5) is 12.2. The Morgan fingerprint density at radius 2 is 1.83 bits per heavy atom. The van der Waals surface area contributed by atoms with Crippen molar-refractivity contribution < 1.29 is 14.3 Å². The average molecular weight is 334 g/mol. The molecule has 0 heterocycles. The lowest BCUT2D eigenvalue weighted by atomic mass is 10.1. The maximum absolute atomic E-state index is 12.2. The van der Waals surface area contributed by atoms with Gasteiger partial charge in [0.15, 0.2) is 0 Å². The van der Waals surface area contributed by atoms with E-state index in [1.165, 1.54) is 38.5 Å². The first-order valence-corrected chi connectivity index (χ1v) is 8.94. The molecule has 5 nitrogen and oxygen atoms in total. The number of amides is 1. The van der Waals surface area contributed by atoms with E-state index in [2.05, 4.69) is 10.6 Å². The summed E-state index contributed by atoms with van der Waals surface area (Å²) in [5.74, 6) is 1.44. The monoisotopic (exact) mass is 334 g/mol. The predicted octanol–water partition coefficient (Wildman–Crippen LogP) is 2.67. The number of benzene rings is 1. The number of methoxy groups -OCH3 is 2. The molecule has 1 aliphatic carbocycles. The van der Waals surface area contributed by atoms with E-state index in [9.17, 15) is 4.79 Å². The average Bonchev–Trinajstić information content (AvgIpc) is 2.87. The molecule has 134 valence electrons. The van der Waals surface area contributed by atoms with Crippen molar-refractivity contribution in [1.82, 2.24) is 10.6 Å². The smallest absolute Gasteiger partial charge is 0.224 e. The molecule has 2 N–H and O–H groups in total. The maximum Gasteiger partial charge on any atom is 0.224 e. The molecule has 1 aliphatic rings. The van der Waals surface area contributed by atoms with Crippen LogP contribution in [-0.4, -0.2) is 39.3 Å². The third-order valence-electron chi connectivity index (χ3n) is 4.57. The van der Waals surface area contributed by atoms with Crippen LogP contribution in [0.5, 0.6) is 11.5 Å².